The molecule has 1 saturated carbocycles. The summed E-state index contributed by atoms with van der Waals surface area (Å²) >= 11 is 0. The molecule has 1 fully saturated rings. The zero-order chi connectivity index (χ0) is 13.1. The van der Waals surface area contributed by atoms with Crippen LogP contribution in [-0.4, -0.2) is 29.6 Å². The molecule has 1 aliphatic carbocycles. The van der Waals surface area contributed by atoms with Crippen molar-refractivity contribution in [3.8, 4) is 0 Å². The van der Waals surface area contributed by atoms with Gasteiger partial charge in [-0.3, -0.25) is 4.79 Å². The Hall–Kier alpha value is -1.82. The molecule has 0 unspecified atom stereocenters. The molecule has 1 aliphatic rings. The molecule has 1 aromatic heterocycles. The van der Waals surface area contributed by atoms with Gasteiger partial charge >= 0.3 is 0 Å². The number of nitrogens with zero attached hydrogens (tertiary/aromatic N) is 1. The summed E-state index contributed by atoms with van der Waals surface area (Å²) in [6.45, 7) is 2.71. The van der Waals surface area contributed by atoms with Crippen LogP contribution in [-0.2, 0) is 4.74 Å². The summed E-state index contributed by atoms with van der Waals surface area (Å²) in [5.74, 6) is -0.0327. The molecule has 6 nitrogen and oxygen atoms in total. The topological polar surface area (TPSA) is 103 Å². The number of ether oxygens (including phenoxy) is 1. The highest BCUT2D eigenvalue weighted by Crippen LogP contribution is 2.27. The first-order valence-electron chi connectivity index (χ1n) is 6.03. The highest BCUT2D eigenvalue weighted by Gasteiger charge is 2.30. The average molecular weight is 250 g/mol. The number of nitrogens with one attached hydrogen (secondary N) is 1. The van der Waals surface area contributed by atoms with E-state index < -0.39 is 5.91 Å². The third-order valence-corrected chi connectivity index (χ3v) is 3.01. The second-order valence-electron chi connectivity index (χ2n) is 4.42. The number of hydrogen-bond donors (Lipinski definition) is 3. The maximum atomic E-state index is 11.3. The molecular formula is C12H18N4O2. The van der Waals surface area contributed by atoms with Crippen LogP contribution in [0.5, 0.6) is 0 Å². The van der Waals surface area contributed by atoms with Crippen LogP contribution in [0.3, 0.4) is 0 Å². The number of nitrogens with two attached hydrogens (primary N) is 2. The van der Waals surface area contributed by atoms with Crippen LogP contribution in [0.1, 0.15) is 30.1 Å². The maximum Gasteiger partial charge on any atom is 0.252 e. The Morgan fingerprint density at radius 2 is 2.33 bits per heavy atom. The lowest BCUT2D eigenvalue weighted by Crippen LogP contribution is -2.41. The minimum atomic E-state index is -0.530. The molecule has 0 aliphatic heterocycles. The molecule has 0 aromatic carbocycles. The summed E-state index contributed by atoms with van der Waals surface area (Å²) in [6, 6.07) is 1.81. The predicted molar refractivity (Wildman–Crippen MR) is 69.2 cm³/mol. The van der Waals surface area contributed by atoms with Gasteiger partial charge in [-0.1, -0.05) is 0 Å². The number of amides is 1. The van der Waals surface area contributed by atoms with Gasteiger partial charge in [-0.25, -0.2) is 4.98 Å². The van der Waals surface area contributed by atoms with E-state index in [1.165, 1.54) is 12.3 Å². The summed E-state index contributed by atoms with van der Waals surface area (Å²) in [6.07, 6.45) is 3.64. The fourth-order valence-corrected chi connectivity index (χ4v) is 2.03. The van der Waals surface area contributed by atoms with Gasteiger partial charge < -0.3 is 21.5 Å². The minimum absolute atomic E-state index is 0.274. The first-order chi connectivity index (χ1) is 8.60. The summed E-state index contributed by atoms with van der Waals surface area (Å²) < 4.78 is 5.47. The van der Waals surface area contributed by atoms with Crippen LogP contribution in [0.15, 0.2) is 12.3 Å². The standard InChI is InChI=1S/C12H18N4O2/c1-2-18-9-4-8(5-9)16-12-10(11(14)17)3-7(13)6-15-12/h3,6,8-9H,2,4-5,13H2,1H3,(H2,14,17)(H,15,16). The van der Waals surface area contributed by atoms with Crippen LogP contribution in [0.4, 0.5) is 11.5 Å². The highest BCUT2D eigenvalue weighted by molar-refractivity contribution is 5.98. The predicted octanol–water partition coefficient (Wildman–Crippen LogP) is 0.742. The molecule has 0 radical (unpaired) electrons. The molecule has 6 heteroatoms. The molecule has 5 N–H and O–H groups in total. The van der Waals surface area contributed by atoms with Crippen molar-refractivity contribution in [2.24, 2.45) is 5.73 Å². The van der Waals surface area contributed by atoms with Gasteiger partial charge in [0, 0.05) is 12.6 Å². The van der Waals surface area contributed by atoms with E-state index in [1.807, 2.05) is 6.92 Å². The summed E-state index contributed by atoms with van der Waals surface area (Å²) in [7, 11) is 0. The number of anilines is 2. The van der Waals surface area contributed by atoms with E-state index in [0.29, 0.717) is 23.2 Å². The Labute approximate surface area is 106 Å². The van der Waals surface area contributed by atoms with Gasteiger partial charge in [-0.05, 0) is 25.8 Å². The normalized spacial score (nSPS) is 22.3. The van der Waals surface area contributed by atoms with Crippen molar-refractivity contribution in [1.82, 2.24) is 4.98 Å². The molecule has 2 rings (SSSR count). The Kier molecular flexibility index (Phi) is 3.66. The first-order valence-corrected chi connectivity index (χ1v) is 6.03. The number of hydrogen-bond acceptors (Lipinski definition) is 5. The van der Waals surface area contributed by atoms with Gasteiger partial charge in [0.25, 0.3) is 5.91 Å². The fraction of sp³-hybridized carbons (Fsp3) is 0.500. The van der Waals surface area contributed by atoms with E-state index >= 15 is 0 Å². The van der Waals surface area contributed by atoms with Crippen LogP contribution in [0.25, 0.3) is 0 Å². The van der Waals surface area contributed by atoms with Crippen molar-refractivity contribution in [2.45, 2.75) is 31.9 Å². The van der Waals surface area contributed by atoms with Crippen molar-refractivity contribution in [3.05, 3.63) is 17.8 Å². The molecular weight excluding hydrogens is 232 g/mol. The monoisotopic (exact) mass is 250 g/mol. The zero-order valence-electron chi connectivity index (χ0n) is 10.3. The molecule has 1 amide bonds. The van der Waals surface area contributed by atoms with E-state index in [9.17, 15) is 4.79 Å². The molecule has 1 heterocycles. The SMILES string of the molecule is CCOC1CC(Nc2ncc(N)cc2C(N)=O)C1. The Morgan fingerprint density at radius 1 is 1.61 bits per heavy atom. The molecule has 0 spiro atoms. The molecule has 0 bridgehead atoms. The highest BCUT2D eigenvalue weighted by atomic mass is 16.5. The lowest BCUT2D eigenvalue weighted by molar-refractivity contribution is 0.00292. The lowest BCUT2D eigenvalue weighted by atomic mass is 9.89. The smallest absolute Gasteiger partial charge is 0.252 e. The number of primary amides is 1. The van der Waals surface area contributed by atoms with Gasteiger partial charge in [0.15, 0.2) is 0 Å². The lowest BCUT2D eigenvalue weighted by Gasteiger charge is -2.35. The van der Waals surface area contributed by atoms with Gasteiger partial charge in [0.2, 0.25) is 0 Å². The number of nitrogen functional groups attached to an aromatic ring is 1. The van der Waals surface area contributed by atoms with E-state index in [1.54, 1.807) is 0 Å². The third kappa shape index (κ3) is 2.70. The molecule has 0 atom stereocenters. The minimum Gasteiger partial charge on any atom is -0.397 e. The number of carbonyl (C=O) groups excluding carboxylic acids is 1. The fourth-order valence-electron chi connectivity index (χ4n) is 2.03. The third-order valence-electron chi connectivity index (χ3n) is 3.01. The van der Waals surface area contributed by atoms with Crippen LogP contribution >= 0.6 is 0 Å². The number of carbonyl (C=O) groups is 1. The maximum absolute atomic E-state index is 11.3. The second-order valence-corrected chi connectivity index (χ2v) is 4.42. The summed E-state index contributed by atoms with van der Waals surface area (Å²) in [4.78, 5) is 15.4. The zero-order valence-corrected chi connectivity index (χ0v) is 10.3. The van der Waals surface area contributed by atoms with E-state index in [-0.39, 0.29) is 6.04 Å². The van der Waals surface area contributed by atoms with Gasteiger partial charge in [-0.15, -0.1) is 0 Å². The van der Waals surface area contributed by atoms with Crippen molar-refractivity contribution >= 4 is 17.4 Å². The van der Waals surface area contributed by atoms with Crippen LogP contribution < -0.4 is 16.8 Å². The number of pyridine rings is 1. The Bertz CT molecular complexity index is 444. The van der Waals surface area contributed by atoms with Crippen molar-refractivity contribution < 1.29 is 9.53 Å². The van der Waals surface area contributed by atoms with Crippen molar-refractivity contribution in [3.63, 3.8) is 0 Å². The van der Waals surface area contributed by atoms with Gasteiger partial charge in [-0.2, -0.15) is 0 Å². The summed E-state index contributed by atoms with van der Waals surface area (Å²) in [5.41, 5.74) is 11.6. The van der Waals surface area contributed by atoms with Crippen LogP contribution in [0, 0.1) is 0 Å². The van der Waals surface area contributed by atoms with Crippen molar-refractivity contribution in [2.75, 3.05) is 17.7 Å². The van der Waals surface area contributed by atoms with E-state index in [4.69, 9.17) is 16.2 Å². The largest absolute Gasteiger partial charge is 0.397 e. The summed E-state index contributed by atoms with van der Waals surface area (Å²) in [5, 5.41) is 3.20. The van der Waals surface area contributed by atoms with Crippen LogP contribution in [0.2, 0.25) is 0 Å². The van der Waals surface area contributed by atoms with Crippen molar-refractivity contribution in [1.29, 1.82) is 0 Å². The molecule has 1 aromatic rings. The van der Waals surface area contributed by atoms with Gasteiger partial charge in [0.1, 0.15) is 5.82 Å². The quantitative estimate of drug-likeness (QED) is 0.715. The van der Waals surface area contributed by atoms with E-state index in [0.717, 1.165) is 19.4 Å². The molecule has 18 heavy (non-hydrogen) atoms. The Balaban J connectivity index is 2.00. The molecule has 98 valence electrons. The average Bonchev–Trinajstić information content (AvgIpc) is 2.28. The number of aromatic nitrogens is 1. The Morgan fingerprint density at radius 3 is 2.94 bits per heavy atom. The first kappa shape index (κ1) is 12.6. The molecule has 0 saturated heterocycles. The van der Waals surface area contributed by atoms with Gasteiger partial charge in [0.05, 0.1) is 23.6 Å². The second kappa shape index (κ2) is 5.22. The number of rotatable bonds is 5. The van der Waals surface area contributed by atoms with E-state index in [2.05, 4.69) is 10.3 Å².